The third-order valence-corrected chi connectivity index (χ3v) is 2.17. The van der Waals surface area contributed by atoms with Crippen molar-refractivity contribution in [2.24, 2.45) is 5.73 Å². The van der Waals surface area contributed by atoms with Gasteiger partial charge in [-0.2, -0.15) is 0 Å². The highest BCUT2D eigenvalue weighted by Crippen LogP contribution is 2.20. The Hall–Kier alpha value is -1.00. The van der Waals surface area contributed by atoms with Crippen LogP contribution in [0.4, 0.5) is 8.78 Å². The maximum atomic E-state index is 12.2. The third kappa shape index (κ3) is 2.49. The molecule has 1 atom stereocenters. The van der Waals surface area contributed by atoms with Gasteiger partial charge in [0.2, 0.25) is 0 Å². The smallest absolute Gasteiger partial charge is 0.263 e. The Bertz CT molecular complexity index is 268. The molecule has 0 saturated heterocycles. The van der Waals surface area contributed by atoms with Crippen molar-refractivity contribution in [3.05, 3.63) is 35.4 Å². The number of likely N-dealkylation sites (N-methyl/N-ethyl adjacent to an activating group) is 1. The molecule has 4 heteroatoms. The van der Waals surface area contributed by atoms with Gasteiger partial charge < -0.3 is 11.1 Å². The van der Waals surface area contributed by atoms with Gasteiger partial charge in [-0.05, 0) is 12.6 Å². The molecule has 0 saturated carbocycles. The molecule has 0 heterocycles. The minimum Gasteiger partial charge on any atom is -0.329 e. The highest BCUT2D eigenvalue weighted by molar-refractivity contribution is 5.25. The van der Waals surface area contributed by atoms with Crippen LogP contribution < -0.4 is 11.1 Å². The van der Waals surface area contributed by atoms with Crippen molar-refractivity contribution in [2.75, 3.05) is 13.6 Å². The molecule has 1 aromatic carbocycles. The maximum Gasteiger partial charge on any atom is 0.263 e. The summed E-state index contributed by atoms with van der Waals surface area (Å²) < 4.78 is 24.4. The van der Waals surface area contributed by atoms with Crippen LogP contribution in [0.3, 0.4) is 0 Å². The topological polar surface area (TPSA) is 38.0 Å². The standard InChI is InChI=1S/C10H14F2N2/c1-14-9(6-13)7-2-4-8(5-3-7)10(11)12/h2-5,9-10,14H,6,13H2,1H3. The molecule has 0 aliphatic heterocycles. The quantitative estimate of drug-likeness (QED) is 0.778. The first-order valence-corrected chi connectivity index (χ1v) is 4.44. The predicted octanol–water partition coefficient (Wildman–Crippen LogP) is 1.84. The number of nitrogens with two attached hydrogens (primary N) is 1. The van der Waals surface area contributed by atoms with Crippen LogP contribution in [0.2, 0.25) is 0 Å². The van der Waals surface area contributed by atoms with E-state index in [2.05, 4.69) is 5.32 Å². The Labute approximate surface area is 82.1 Å². The number of halogens is 2. The van der Waals surface area contributed by atoms with E-state index >= 15 is 0 Å². The second-order valence-corrected chi connectivity index (χ2v) is 3.04. The van der Waals surface area contributed by atoms with Gasteiger partial charge in [0.15, 0.2) is 0 Å². The molecule has 1 unspecified atom stereocenters. The Morgan fingerprint density at radius 2 is 1.71 bits per heavy atom. The molecule has 0 aliphatic rings. The highest BCUT2D eigenvalue weighted by atomic mass is 19.3. The number of alkyl halides is 2. The second kappa shape index (κ2) is 5.02. The van der Waals surface area contributed by atoms with Gasteiger partial charge in [-0.15, -0.1) is 0 Å². The van der Waals surface area contributed by atoms with Crippen LogP contribution in [0.5, 0.6) is 0 Å². The lowest BCUT2D eigenvalue weighted by atomic mass is 10.1. The van der Waals surface area contributed by atoms with E-state index in [1.807, 2.05) is 0 Å². The summed E-state index contributed by atoms with van der Waals surface area (Å²) in [7, 11) is 1.79. The molecule has 0 amide bonds. The highest BCUT2D eigenvalue weighted by Gasteiger charge is 2.09. The van der Waals surface area contributed by atoms with E-state index in [1.165, 1.54) is 12.1 Å². The lowest BCUT2D eigenvalue weighted by Gasteiger charge is -2.14. The van der Waals surface area contributed by atoms with Crippen LogP contribution in [0.25, 0.3) is 0 Å². The molecule has 0 spiro atoms. The first kappa shape index (κ1) is 11.1. The molecule has 0 radical (unpaired) electrons. The van der Waals surface area contributed by atoms with Crippen LogP contribution in [0, 0.1) is 0 Å². The van der Waals surface area contributed by atoms with E-state index in [0.29, 0.717) is 6.54 Å². The molecular formula is C10H14F2N2. The van der Waals surface area contributed by atoms with E-state index in [1.54, 1.807) is 19.2 Å². The Kier molecular flexibility index (Phi) is 3.98. The summed E-state index contributed by atoms with van der Waals surface area (Å²) >= 11 is 0. The SMILES string of the molecule is CNC(CN)c1ccc(C(F)F)cc1. The fourth-order valence-electron chi connectivity index (χ4n) is 1.29. The van der Waals surface area contributed by atoms with Crippen LogP contribution >= 0.6 is 0 Å². The number of hydrogen-bond acceptors (Lipinski definition) is 2. The molecule has 2 nitrogen and oxygen atoms in total. The van der Waals surface area contributed by atoms with Crippen molar-refractivity contribution in [3.8, 4) is 0 Å². The normalized spacial score (nSPS) is 13.2. The monoisotopic (exact) mass is 200 g/mol. The van der Waals surface area contributed by atoms with Gasteiger partial charge in [0.05, 0.1) is 0 Å². The summed E-state index contributed by atoms with van der Waals surface area (Å²) in [5.74, 6) is 0. The van der Waals surface area contributed by atoms with E-state index in [9.17, 15) is 8.78 Å². The zero-order chi connectivity index (χ0) is 10.6. The molecular weight excluding hydrogens is 186 g/mol. The fraction of sp³-hybridized carbons (Fsp3) is 0.400. The third-order valence-electron chi connectivity index (χ3n) is 2.17. The lowest BCUT2D eigenvalue weighted by Crippen LogP contribution is -2.24. The molecule has 0 aliphatic carbocycles. The molecule has 1 rings (SSSR count). The molecule has 1 aromatic rings. The largest absolute Gasteiger partial charge is 0.329 e. The summed E-state index contributed by atoms with van der Waals surface area (Å²) in [4.78, 5) is 0. The average Bonchev–Trinajstić information content (AvgIpc) is 2.20. The number of rotatable bonds is 4. The first-order chi connectivity index (χ1) is 6.69. The number of hydrogen-bond donors (Lipinski definition) is 2. The summed E-state index contributed by atoms with van der Waals surface area (Å²) in [5, 5.41) is 3.00. The molecule has 0 fully saturated rings. The van der Waals surface area contributed by atoms with Crippen molar-refractivity contribution >= 4 is 0 Å². The molecule has 14 heavy (non-hydrogen) atoms. The lowest BCUT2D eigenvalue weighted by molar-refractivity contribution is 0.151. The van der Waals surface area contributed by atoms with Gasteiger partial charge in [0, 0.05) is 18.2 Å². The van der Waals surface area contributed by atoms with Gasteiger partial charge in [0.1, 0.15) is 0 Å². The number of nitrogens with one attached hydrogen (secondary N) is 1. The zero-order valence-electron chi connectivity index (χ0n) is 8.00. The van der Waals surface area contributed by atoms with Gasteiger partial charge in [-0.1, -0.05) is 24.3 Å². The summed E-state index contributed by atoms with van der Waals surface area (Å²) in [6.07, 6.45) is -2.41. The van der Waals surface area contributed by atoms with E-state index in [0.717, 1.165) is 5.56 Å². The van der Waals surface area contributed by atoms with Crippen molar-refractivity contribution < 1.29 is 8.78 Å². The maximum absolute atomic E-state index is 12.2. The number of benzene rings is 1. The summed E-state index contributed by atoms with van der Waals surface area (Å²) in [5.41, 5.74) is 6.47. The van der Waals surface area contributed by atoms with Crippen molar-refractivity contribution in [1.82, 2.24) is 5.32 Å². The van der Waals surface area contributed by atoms with Gasteiger partial charge >= 0.3 is 0 Å². The van der Waals surface area contributed by atoms with Crippen LogP contribution in [-0.4, -0.2) is 13.6 Å². The Balaban J connectivity index is 2.81. The average molecular weight is 200 g/mol. The van der Waals surface area contributed by atoms with Crippen LogP contribution in [-0.2, 0) is 0 Å². The molecule has 0 bridgehead atoms. The minimum atomic E-state index is -2.41. The van der Waals surface area contributed by atoms with Gasteiger partial charge in [-0.3, -0.25) is 0 Å². The van der Waals surface area contributed by atoms with Crippen LogP contribution in [0.1, 0.15) is 23.6 Å². The zero-order valence-corrected chi connectivity index (χ0v) is 8.00. The molecule has 0 aromatic heterocycles. The first-order valence-electron chi connectivity index (χ1n) is 4.44. The van der Waals surface area contributed by atoms with Crippen LogP contribution in [0.15, 0.2) is 24.3 Å². The van der Waals surface area contributed by atoms with E-state index in [4.69, 9.17) is 5.73 Å². The Morgan fingerprint density at radius 3 is 2.07 bits per heavy atom. The predicted molar refractivity (Wildman–Crippen MR) is 52.3 cm³/mol. The van der Waals surface area contributed by atoms with Crippen molar-refractivity contribution in [2.45, 2.75) is 12.5 Å². The van der Waals surface area contributed by atoms with Crippen molar-refractivity contribution in [1.29, 1.82) is 0 Å². The molecule has 78 valence electrons. The molecule has 3 N–H and O–H groups in total. The minimum absolute atomic E-state index is 0.0294. The van der Waals surface area contributed by atoms with E-state index in [-0.39, 0.29) is 11.6 Å². The second-order valence-electron chi connectivity index (χ2n) is 3.04. The van der Waals surface area contributed by atoms with E-state index < -0.39 is 6.43 Å². The fourth-order valence-corrected chi connectivity index (χ4v) is 1.29. The summed E-state index contributed by atoms with van der Waals surface area (Å²) in [6, 6.07) is 6.24. The van der Waals surface area contributed by atoms with Gasteiger partial charge in [-0.25, -0.2) is 8.78 Å². The van der Waals surface area contributed by atoms with Gasteiger partial charge in [0.25, 0.3) is 6.43 Å². The summed E-state index contributed by atoms with van der Waals surface area (Å²) in [6.45, 7) is 0.449. The van der Waals surface area contributed by atoms with Crippen molar-refractivity contribution in [3.63, 3.8) is 0 Å². The Morgan fingerprint density at radius 1 is 1.21 bits per heavy atom.